The number of para-hydroxylation sites is 1. The zero-order chi connectivity index (χ0) is 19.9. The van der Waals surface area contributed by atoms with Gasteiger partial charge in [-0.25, -0.2) is 0 Å². The van der Waals surface area contributed by atoms with Crippen LogP contribution in [0, 0.1) is 5.92 Å². The van der Waals surface area contributed by atoms with Crippen molar-refractivity contribution in [2.45, 2.75) is 45.1 Å². The van der Waals surface area contributed by atoms with Crippen LogP contribution in [0.1, 0.15) is 44.1 Å². The largest absolute Gasteiger partial charge is 0.457 e. The predicted molar refractivity (Wildman–Crippen MR) is 115 cm³/mol. The number of nitrogens with zero attached hydrogens (tertiary/aromatic N) is 1. The summed E-state index contributed by atoms with van der Waals surface area (Å²) >= 11 is 0. The highest BCUT2D eigenvalue weighted by Crippen LogP contribution is 2.22. The first-order valence-electron chi connectivity index (χ1n) is 11.2. The second-order valence-electron chi connectivity index (χ2n) is 8.52. The number of hydrogen-bond donors (Lipinski definition) is 1. The molecule has 2 heterocycles. The number of ether oxygens (including phenoxy) is 1. The molecular formula is C25H33N2O2+. The van der Waals surface area contributed by atoms with E-state index in [9.17, 15) is 4.79 Å². The van der Waals surface area contributed by atoms with Crippen LogP contribution < -0.4 is 9.64 Å². The molecule has 0 saturated carbocycles. The Labute approximate surface area is 174 Å². The van der Waals surface area contributed by atoms with Crippen molar-refractivity contribution < 1.29 is 14.4 Å². The minimum Gasteiger partial charge on any atom is -0.457 e. The van der Waals surface area contributed by atoms with E-state index in [1.165, 1.54) is 36.1 Å². The van der Waals surface area contributed by atoms with Gasteiger partial charge in [0.15, 0.2) is 0 Å². The molecule has 29 heavy (non-hydrogen) atoms. The Morgan fingerprint density at radius 2 is 1.69 bits per heavy atom. The van der Waals surface area contributed by atoms with E-state index in [4.69, 9.17) is 4.74 Å². The van der Waals surface area contributed by atoms with Crippen molar-refractivity contribution in [2.75, 3.05) is 26.2 Å². The Morgan fingerprint density at radius 1 is 0.931 bits per heavy atom. The van der Waals surface area contributed by atoms with Crippen LogP contribution in [0.5, 0.6) is 11.5 Å². The molecule has 2 saturated heterocycles. The van der Waals surface area contributed by atoms with Crippen molar-refractivity contribution in [2.24, 2.45) is 5.92 Å². The molecule has 4 heteroatoms. The average molecular weight is 394 g/mol. The van der Waals surface area contributed by atoms with Crippen LogP contribution in [-0.4, -0.2) is 37.0 Å². The summed E-state index contributed by atoms with van der Waals surface area (Å²) in [5.74, 6) is 2.34. The molecule has 4 nitrogen and oxygen atoms in total. The number of benzene rings is 2. The van der Waals surface area contributed by atoms with Crippen molar-refractivity contribution >= 4 is 5.91 Å². The monoisotopic (exact) mass is 393 g/mol. The van der Waals surface area contributed by atoms with Crippen LogP contribution >= 0.6 is 0 Å². The molecule has 0 aliphatic carbocycles. The third-order valence-electron chi connectivity index (χ3n) is 6.22. The number of quaternary nitrogens is 1. The highest BCUT2D eigenvalue weighted by Gasteiger charge is 2.31. The molecule has 154 valence electrons. The van der Waals surface area contributed by atoms with E-state index in [-0.39, 0.29) is 5.92 Å². The third-order valence-corrected chi connectivity index (χ3v) is 6.22. The van der Waals surface area contributed by atoms with Gasteiger partial charge in [-0.3, -0.25) is 4.79 Å². The summed E-state index contributed by atoms with van der Waals surface area (Å²) < 4.78 is 5.99. The van der Waals surface area contributed by atoms with Crippen LogP contribution in [0.25, 0.3) is 0 Å². The topological polar surface area (TPSA) is 34.0 Å². The highest BCUT2D eigenvalue weighted by molar-refractivity contribution is 5.79. The number of carbonyl (C=O) groups is 1. The van der Waals surface area contributed by atoms with E-state index in [1.807, 2.05) is 36.4 Å². The first-order valence-corrected chi connectivity index (χ1v) is 11.2. The van der Waals surface area contributed by atoms with Gasteiger partial charge in [0.1, 0.15) is 18.0 Å². The maximum absolute atomic E-state index is 13.1. The van der Waals surface area contributed by atoms with E-state index in [1.54, 1.807) is 0 Å². The molecule has 2 atom stereocenters. The van der Waals surface area contributed by atoms with Crippen LogP contribution in [0.2, 0.25) is 0 Å². The molecule has 1 amide bonds. The zero-order valence-corrected chi connectivity index (χ0v) is 17.3. The Balaban J connectivity index is 1.35. The fraction of sp³-hybridized carbons (Fsp3) is 0.480. The van der Waals surface area contributed by atoms with Crippen molar-refractivity contribution in [1.29, 1.82) is 0 Å². The molecule has 2 aromatic rings. The third kappa shape index (κ3) is 5.60. The number of carbonyl (C=O) groups excluding carboxylic acids is 1. The smallest absolute Gasteiger partial charge is 0.231 e. The normalized spacial score (nSPS) is 22.7. The fourth-order valence-corrected chi connectivity index (χ4v) is 4.70. The van der Waals surface area contributed by atoms with Crippen molar-refractivity contribution in [3.63, 3.8) is 0 Å². The Hall–Kier alpha value is -2.33. The second kappa shape index (κ2) is 9.93. The van der Waals surface area contributed by atoms with E-state index in [2.05, 4.69) is 23.1 Å². The summed E-state index contributed by atoms with van der Waals surface area (Å²) in [4.78, 5) is 16.7. The lowest BCUT2D eigenvalue weighted by atomic mass is 9.96. The van der Waals surface area contributed by atoms with Crippen LogP contribution in [-0.2, 0) is 11.3 Å². The molecule has 2 fully saturated rings. The van der Waals surface area contributed by atoms with Crippen LogP contribution in [0.4, 0.5) is 0 Å². The van der Waals surface area contributed by atoms with Crippen molar-refractivity contribution in [1.82, 2.24) is 4.90 Å². The standard InChI is InChI=1S/C25H32N2O2/c28-25(27-16-6-1-2-7-17-27)22-11-9-15-26(20-22)19-21-10-8-14-24(18-21)29-23-12-4-3-5-13-23/h3-5,8,10,12-14,18,22H,1-2,6-7,9,11,15-17,19-20H2/p+1/t22-/m0/s1. The summed E-state index contributed by atoms with van der Waals surface area (Å²) in [5.41, 5.74) is 1.27. The summed E-state index contributed by atoms with van der Waals surface area (Å²) in [6.45, 7) is 4.98. The van der Waals surface area contributed by atoms with Crippen molar-refractivity contribution in [3.8, 4) is 11.5 Å². The molecule has 2 aliphatic rings. The molecule has 2 aromatic carbocycles. The van der Waals surface area contributed by atoms with Gasteiger partial charge in [-0.2, -0.15) is 0 Å². The molecule has 0 radical (unpaired) electrons. The van der Waals surface area contributed by atoms with Gasteiger partial charge in [-0.15, -0.1) is 0 Å². The van der Waals surface area contributed by atoms with Crippen LogP contribution in [0.15, 0.2) is 54.6 Å². The van der Waals surface area contributed by atoms with Gasteiger partial charge in [0, 0.05) is 18.7 Å². The number of likely N-dealkylation sites (tertiary alicyclic amines) is 2. The Morgan fingerprint density at radius 3 is 2.48 bits per heavy atom. The van der Waals surface area contributed by atoms with Gasteiger partial charge in [0.05, 0.1) is 19.0 Å². The second-order valence-corrected chi connectivity index (χ2v) is 8.52. The van der Waals surface area contributed by atoms with Gasteiger partial charge in [-0.05, 0) is 49.9 Å². The lowest BCUT2D eigenvalue weighted by Crippen LogP contribution is -3.12. The SMILES string of the molecule is O=C([C@H]1CCC[NH+](Cc2cccc(Oc3ccccc3)c2)C1)N1CCCCCC1. The number of nitrogens with one attached hydrogen (secondary N) is 1. The summed E-state index contributed by atoms with van der Waals surface area (Å²) in [7, 11) is 0. The van der Waals surface area contributed by atoms with E-state index in [0.29, 0.717) is 5.91 Å². The first-order chi connectivity index (χ1) is 14.3. The lowest BCUT2D eigenvalue weighted by Gasteiger charge is -2.32. The molecule has 2 aliphatic heterocycles. The van der Waals surface area contributed by atoms with Gasteiger partial charge in [-0.1, -0.05) is 43.2 Å². The molecule has 0 aromatic heterocycles. The van der Waals surface area contributed by atoms with Gasteiger partial charge >= 0.3 is 0 Å². The van der Waals surface area contributed by atoms with Crippen molar-refractivity contribution in [3.05, 3.63) is 60.2 Å². The fourth-order valence-electron chi connectivity index (χ4n) is 4.70. The minimum atomic E-state index is 0.195. The van der Waals surface area contributed by atoms with Gasteiger partial charge in [0.25, 0.3) is 0 Å². The molecule has 1 N–H and O–H groups in total. The van der Waals surface area contributed by atoms with Crippen LogP contribution in [0.3, 0.4) is 0 Å². The molecule has 0 bridgehead atoms. The Bertz CT molecular complexity index is 784. The highest BCUT2D eigenvalue weighted by atomic mass is 16.5. The molecule has 4 rings (SSSR count). The zero-order valence-electron chi connectivity index (χ0n) is 17.3. The Kier molecular flexibility index (Phi) is 6.83. The summed E-state index contributed by atoms with van der Waals surface area (Å²) in [6.07, 6.45) is 7.07. The number of rotatable bonds is 5. The average Bonchev–Trinajstić information content (AvgIpc) is 3.04. The summed E-state index contributed by atoms with van der Waals surface area (Å²) in [5, 5.41) is 0. The summed E-state index contributed by atoms with van der Waals surface area (Å²) in [6, 6.07) is 18.3. The van der Waals surface area contributed by atoms with E-state index < -0.39 is 0 Å². The maximum Gasteiger partial charge on any atom is 0.231 e. The maximum atomic E-state index is 13.1. The number of piperidine rings is 1. The number of hydrogen-bond acceptors (Lipinski definition) is 2. The molecule has 0 spiro atoms. The number of amides is 1. The first kappa shape index (κ1) is 20.0. The van der Waals surface area contributed by atoms with E-state index >= 15 is 0 Å². The predicted octanol–water partition coefficient (Wildman–Crippen LogP) is 3.68. The quantitative estimate of drug-likeness (QED) is 0.841. The molecule has 1 unspecified atom stereocenters. The minimum absolute atomic E-state index is 0.195. The van der Waals surface area contributed by atoms with E-state index in [0.717, 1.165) is 57.1 Å². The van der Waals surface area contributed by atoms with Gasteiger partial charge < -0.3 is 14.5 Å². The molecular weight excluding hydrogens is 360 g/mol. The van der Waals surface area contributed by atoms with Gasteiger partial charge in [0.2, 0.25) is 5.91 Å². The lowest BCUT2D eigenvalue weighted by molar-refractivity contribution is -0.921.